The minimum absolute atomic E-state index is 0.0855. The van der Waals surface area contributed by atoms with Gasteiger partial charge >= 0.3 is 6.09 Å². The van der Waals surface area contributed by atoms with Crippen LogP contribution in [0.1, 0.15) is 5.56 Å². The minimum atomic E-state index is -1.18. The number of methoxy groups -OCH3 is 1. The van der Waals surface area contributed by atoms with Crippen LogP contribution in [0.15, 0.2) is 30.3 Å². The molecule has 0 saturated carbocycles. The van der Waals surface area contributed by atoms with E-state index in [0.717, 1.165) is 5.56 Å². The number of carbonyl (C=O) groups is 2. The van der Waals surface area contributed by atoms with Crippen molar-refractivity contribution in [2.24, 2.45) is 5.73 Å². The second kappa shape index (κ2) is 6.62. The summed E-state index contributed by atoms with van der Waals surface area (Å²) in [7, 11) is 1.26. The summed E-state index contributed by atoms with van der Waals surface area (Å²) < 4.78 is 9.34. The third-order valence-electron chi connectivity index (χ3n) is 1.95. The molecule has 0 aliphatic rings. The monoisotopic (exact) mass is 238 g/mol. The summed E-state index contributed by atoms with van der Waals surface area (Å²) in [5, 5.41) is 1.95. The van der Waals surface area contributed by atoms with E-state index in [2.05, 4.69) is 4.74 Å². The van der Waals surface area contributed by atoms with Gasteiger partial charge in [0.15, 0.2) is 6.23 Å². The molecule has 0 bridgehead atoms. The van der Waals surface area contributed by atoms with Crippen LogP contribution in [-0.2, 0) is 20.9 Å². The molecular formula is C11H14N2O4. The Morgan fingerprint density at radius 3 is 2.59 bits per heavy atom. The Balaban J connectivity index is 2.33. The van der Waals surface area contributed by atoms with E-state index in [9.17, 15) is 9.59 Å². The lowest BCUT2D eigenvalue weighted by Gasteiger charge is -2.09. The van der Waals surface area contributed by atoms with Gasteiger partial charge < -0.3 is 9.47 Å². The Morgan fingerprint density at radius 1 is 1.35 bits per heavy atom. The average Bonchev–Trinajstić information content (AvgIpc) is 2.36. The maximum Gasteiger partial charge on any atom is 0.414 e. The molecule has 1 unspecified atom stereocenters. The molecule has 0 heterocycles. The van der Waals surface area contributed by atoms with Crippen molar-refractivity contribution in [1.29, 1.82) is 0 Å². The Kier molecular flexibility index (Phi) is 5.12. The first-order chi connectivity index (χ1) is 8.13. The largest absolute Gasteiger partial charge is 0.444 e. The molecule has 0 aliphatic heterocycles. The summed E-state index contributed by atoms with van der Waals surface area (Å²) in [6.07, 6.45) is -2.04. The molecule has 0 saturated heterocycles. The molecule has 6 heteroatoms. The zero-order valence-corrected chi connectivity index (χ0v) is 9.38. The molecule has 0 aromatic heterocycles. The van der Waals surface area contributed by atoms with E-state index in [1.807, 2.05) is 23.5 Å². The number of nitrogens with two attached hydrogens (primary N) is 1. The first-order valence-corrected chi connectivity index (χ1v) is 4.93. The molecular weight excluding hydrogens is 224 g/mol. The molecule has 0 radical (unpaired) electrons. The lowest BCUT2D eigenvalue weighted by Crippen LogP contribution is -2.44. The second-order valence-corrected chi connectivity index (χ2v) is 3.21. The Morgan fingerprint density at radius 2 is 2.00 bits per heavy atom. The van der Waals surface area contributed by atoms with Crippen molar-refractivity contribution < 1.29 is 19.1 Å². The van der Waals surface area contributed by atoms with Crippen molar-refractivity contribution in [3.05, 3.63) is 35.9 Å². The summed E-state index contributed by atoms with van der Waals surface area (Å²) in [4.78, 5) is 22.3. The smallest absolute Gasteiger partial charge is 0.414 e. The van der Waals surface area contributed by atoms with Gasteiger partial charge in [-0.25, -0.2) is 4.79 Å². The van der Waals surface area contributed by atoms with E-state index in [4.69, 9.17) is 10.5 Å². The first-order valence-electron chi connectivity index (χ1n) is 4.93. The molecule has 2 amide bonds. The molecule has 0 fully saturated rings. The lowest BCUT2D eigenvalue weighted by atomic mass is 10.2. The SMILES string of the molecule is COC(N)C(=O)NC(=O)OCc1ccccc1. The van der Waals surface area contributed by atoms with Gasteiger partial charge in [0.25, 0.3) is 5.91 Å². The molecule has 1 rings (SSSR count). The Labute approximate surface area is 98.7 Å². The normalized spacial score (nSPS) is 11.6. The zero-order chi connectivity index (χ0) is 12.7. The van der Waals surface area contributed by atoms with Crippen molar-refractivity contribution >= 4 is 12.0 Å². The summed E-state index contributed by atoms with van der Waals surface area (Å²) >= 11 is 0. The number of alkyl carbamates (subject to hydrolysis) is 1. The van der Waals surface area contributed by atoms with Gasteiger partial charge in [0.2, 0.25) is 0 Å². The van der Waals surface area contributed by atoms with E-state index in [1.165, 1.54) is 7.11 Å². The van der Waals surface area contributed by atoms with E-state index in [0.29, 0.717) is 0 Å². The van der Waals surface area contributed by atoms with Crippen LogP contribution in [0.25, 0.3) is 0 Å². The highest BCUT2D eigenvalue weighted by Crippen LogP contribution is 2.00. The van der Waals surface area contributed by atoms with Crippen molar-refractivity contribution in [1.82, 2.24) is 5.32 Å². The van der Waals surface area contributed by atoms with Crippen molar-refractivity contribution in [2.45, 2.75) is 12.8 Å². The van der Waals surface area contributed by atoms with Gasteiger partial charge in [-0.1, -0.05) is 30.3 Å². The van der Waals surface area contributed by atoms with Gasteiger partial charge in [-0.15, -0.1) is 0 Å². The standard InChI is InChI=1S/C11H14N2O4/c1-16-9(12)10(14)13-11(15)17-7-8-5-3-2-4-6-8/h2-6,9H,7,12H2,1H3,(H,13,14,15). The number of rotatable bonds is 4. The molecule has 17 heavy (non-hydrogen) atoms. The predicted octanol–water partition coefficient (Wildman–Crippen LogP) is 0.371. The topological polar surface area (TPSA) is 90.6 Å². The number of nitrogens with one attached hydrogen (secondary N) is 1. The van der Waals surface area contributed by atoms with Crippen LogP contribution in [0, 0.1) is 0 Å². The van der Waals surface area contributed by atoms with Crippen LogP contribution in [0.2, 0.25) is 0 Å². The predicted molar refractivity (Wildman–Crippen MR) is 59.8 cm³/mol. The number of carbonyl (C=O) groups excluding carboxylic acids is 2. The van der Waals surface area contributed by atoms with Crippen molar-refractivity contribution in [3.63, 3.8) is 0 Å². The first kappa shape index (κ1) is 13.1. The van der Waals surface area contributed by atoms with E-state index >= 15 is 0 Å². The van der Waals surface area contributed by atoms with Gasteiger partial charge in [0.05, 0.1) is 0 Å². The van der Waals surface area contributed by atoms with Gasteiger partial charge in [-0.3, -0.25) is 15.8 Å². The third kappa shape index (κ3) is 4.62. The molecule has 3 N–H and O–H groups in total. The summed E-state index contributed by atoms with van der Waals surface area (Å²) in [5.74, 6) is -0.745. The van der Waals surface area contributed by atoms with E-state index in [-0.39, 0.29) is 6.61 Å². The van der Waals surface area contributed by atoms with Crippen LogP contribution in [0.3, 0.4) is 0 Å². The fourth-order valence-electron chi connectivity index (χ4n) is 1.04. The molecule has 6 nitrogen and oxygen atoms in total. The number of amides is 2. The van der Waals surface area contributed by atoms with Gasteiger partial charge in [0, 0.05) is 7.11 Å². The van der Waals surface area contributed by atoms with Crippen LogP contribution in [0.4, 0.5) is 4.79 Å². The lowest BCUT2D eigenvalue weighted by molar-refractivity contribution is -0.130. The number of benzene rings is 1. The van der Waals surface area contributed by atoms with Crippen molar-refractivity contribution in [3.8, 4) is 0 Å². The summed E-state index contributed by atoms with van der Waals surface area (Å²) in [5.41, 5.74) is 6.06. The fraction of sp³-hybridized carbons (Fsp3) is 0.273. The molecule has 1 atom stereocenters. The van der Waals surface area contributed by atoms with Crippen LogP contribution in [-0.4, -0.2) is 25.3 Å². The second-order valence-electron chi connectivity index (χ2n) is 3.21. The molecule has 0 spiro atoms. The van der Waals surface area contributed by atoms with Gasteiger partial charge in [-0.2, -0.15) is 0 Å². The van der Waals surface area contributed by atoms with Crippen LogP contribution in [0.5, 0.6) is 0 Å². The summed E-state index contributed by atoms with van der Waals surface area (Å²) in [6.45, 7) is 0.0855. The minimum Gasteiger partial charge on any atom is -0.444 e. The van der Waals surface area contributed by atoms with Gasteiger partial charge in [0.1, 0.15) is 6.61 Å². The molecule has 0 aliphatic carbocycles. The highest BCUT2D eigenvalue weighted by molar-refractivity contribution is 5.93. The molecule has 92 valence electrons. The number of imide groups is 1. The van der Waals surface area contributed by atoms with Crippen LogP contribution >= 0.6 is 0 Å². The maximum atomic E-state index is 11.2. The van der Waals surface area contributed by atoms with Crippen LogP contribution < -0.4 is 11.1 Å². The van der Waals surface area contributed by atoms with Crippen molar-refractivity contribution in [2.75, 3.05) is 7.11 Å². The van der Waals surface area contributed by atoms with E-state index < -0.39 is 18.2 Å². The fourth-order valence-corrected chi connectivity index (χ4v) is 1.04. The zero-order valence-electron chi connectivity index (χ0n) is 9.38. The molecule has 1 aromatic rings. The Bertz CT molecular complexity index is 380. The highest BCUT2D eigenvalue weighted by atomic mass is 16.6. The summed E-state index contributed by atoms with van der Waals surface area (Å²) in [6, 6.07) is 9.10. The maximum absolute atomic E-state index is 11.2. The highest BCUT2D eigenvalue weighted by Gasteiger charge is 2.15. The number of hydrogen-bond donors (Lipinski definition) is 2. The average molecular weight is 238 g/mol. The quantitative estimate of drug-likeness (QED) is 0.739. The van der Waals surface area contributed by atoms with E-state index in [1.54, 1.807) is 12.1 Å². The van der Waals surface area contributed by atoms with Gasteiger partial charge in [-0.05, 0) is 5.56 Å². The Hall–Kier alpha value is -1.92. The number of hydrogen-bond acceptors (Lipinski definition) is 5. The number of ether oxygens (including phenoxy) is 2. The third-order valence-corrected chi connectivity index (χ3v) is 1.95. The molecule has 1 aromatic carbocycles.